The van der Waals surface area contributed by atoms with E-state index in [1.54, 1.807) is 6.07 Å². The van der Waals surface area contributed by atoms with Crippen LogP contribution in [0, 0.1) is 17.7 Å². The van der Waals surface area contributed by atoms with Crippen molar-refractivity contribution in [2.24, 2.45) is 11.8 Å². The highest BCUT2D eigenvalue weighted by Gasteiger charge is 2.49. The molecule has 0 radical (unpaired) electrons. The minimum absolute atomic E-state index is 0.0500. The van der Waals surface area contributed by atoms with Crippen LogP contribution >= 0.6 is 11.6 Å². The van der Waals surface area contributed by atoms with E-state index in [1.807, 2.05) is 4.90 Å². The maximum atomic E-state index is 13.3. The number of nitrogens with zero attached hydrogens (tertiary/aromatic N) is 2. The second-order valence-electron chi connectivity index (χ2n) is 8.58. The monoisotopic (exact) mass is 406 g/mol. The van der Waals surface area contributed by atoms with Gasteiger partial charge < -0.3 is 9.80 Å². The van der Waals surface area contributed by atoms with E-state index in [2.05, 4.69) is 11.8 Å². The number of rotatable bonds is 4. The van der Waals surface area contributed by atoms with E-state index >= 15 is 0 Å². The van der Waals surface area contributed by atoms with Gasteiger partial charge in [-0.3, -0.25) is 9.59 Å². The molecular weight excluding hydrogens is 379 g/mol. The molecule has 3 fully saturated rings. The molecule has 3 aliphatic rings. The summed E-state index contributed by atoms with van der Waals surface area (Å²) in [6.07, 6.45) is 6.04. The number of benzene rings is 1. The van der Waals surface area contributed by atoms with E-state index in [-0.39, 0.29) is 24.4 Å². The van der Waals surface area contributed by atoms with Gasteiger partial charge in [-0.15, -0.1) is 0 Å². The molecule has 6 heteroatoms. The van der Waals surface area contributed by atoms with Crippen LogP contribution in [0.4, 0.5) is 4.39 Å². The number of fused-ring (bicyclic) bond motifs is 4. The van der Waals surface area contributed by atoms with E-state index in [1.165, 1.54) is 12.1 Å². The quantitative estimate of drug-likeness (QED) is 0.756. The Labute approximate surface area is 171 Å². The summed E-state index contributed by atoms with van der Waals surface area (Å²) in [6.45, 7) is 3.58. The topological polar surface area (TPSA) is 40.6 Å². The number of halogens is 2. The molecule has 2 amide bonds. The van der Waals surface area contributed by atoms with Gasteiger partial charge in [0.15, 0.2) is 0 Å². The summed E-state index contributed by atoms with van der Waals surface area (Å²) in [7, 11) is 0. The Kier molecular flexibility index (Phi) is 5.64. The van der Waals surface area contributed by atoms with Crippen molar-refractivity contribution in [1.82, 2.24) is 9.80 Å². The predicted molar refractivity (Wildman–Crippen MR) is 106 cm³/mol. The number of carbonyl (C=O) groups is 2. The van der Waals surface area contributed by atoms with Gasteiger partial charge in [0, 0.05) is 36.6 Å². The van der Waals surface area contributed by atoms with Crippen molar-refractivity contribution in [3.63, 3.8) is 0 Å². The van der Waals surface area contributed by atoms with Crippen molar-refractivity contribution in [3.8, 4) is 0 Å². The fourth-order valence-electron chi connectivity index (χ4n) is 5.59. The van der Waals surface area contributed by atoms with Crippen molar-refractivity contribution >= 4 is 23.4 Å². The van der Waals surface area contributed by atoms with E-state index in [9.17, 15) is 14.0 Å². The Balaban J connectivity index is 1.52. The first-order valence-corrected chi connectivity index (χ1v) is 10.9. The van der Waals surface area contributed by atoms with E-state index in [4.69, 9.17) is 11.6 Å². The zero-order valence-corrected chi connectivity index (χ0v) is 17.1. The molecule has 4 nitrogen and oxygen atoms in total. The average molecular weight is 407 g/mol. The summed E-state index contributed by atoms with van der Waals surface area (Å²) in [5.41, 5.74) is 0.670. The molecule has 152 valence electrons. The Morgan fingerprint density at radius 3 is 2.82 bits per heavy atom. The summed E-state index contributed by atoms with van der Waals surface area (Å²) in [4.78, 5) is 29.9. The van der Waals surface area contributed by atoms with Crippen LogP contribution in [0.15, 0.2) is 18.2 Å². The molecule has 1 aromatic rings. The SMILES string of the molecule is CCC[C@H]1[C@H]2C[C@H](CN(C(=O)Cc3ccc(F)cc3Cl)C2)[C@@H]2CCCC(=O)N21. The zero-order valence-electron chi connectivity index (χ0n) is 16.4. The van der Waals surface area contributed by atoms with E-state index in [0.717, 1.165) is 32.1 Å². The van der Waals surface area contributed by atoms with Crippen LogP contribution < -0.4 is 0 Å². The molecule has 4 rings (SSSR count). The largest absolute Gasteiger partial charge is 0.342 e. The molecule has 3 heterocycles. The van der Waals surface area contributed by atoms with Crippen molar-refractivity contribution in [1.29, 1.82) is 0 Å². The number of carbonyl (C=O) groups excluding carboxylic acids is 2. The van der Waals surface area contributed by atoms with Crippen LogP contribution in [0.2, 0.25) is 5.02 Å². The third-order valence-corrected chi connectivity index (χ3v) is 7.14. The lowest BCUT2D eigenvalue weighted by molar-refractivity contribution is -0.156. The predicted octanol–water partition coefficient (Wildman–Crippen LogP) is 4.05. The molecule has 1 aromatic carbocycles. The first-order chi connectivity index (χ1) is 13.5. The highest BCUT2D eigenvalue weighted by Crippen LogP contribution is 2.43. The molecule has 0 spiro atoms. The maximum absolute atomic E-state index is 13.3. The molecule has 4 atom stereocenters. The van der Waals surface area contributed by atoms with Gasteiger partial charge in [0.05, 0.1) is 6.42 Å². The van der Waals surface area contributed by atoms with Gasteiger partial charge in [0.1, 0.15) is 5.82 Å². The lowest BCUT2D eigenvalue weighted by atomic mass is 9.71. The number of hydrogen-bond donors (Lipinski definition) is 0. The van der Waals surface area contributed by atoms with Crippen LogP contribution in [0.3, 0.4) is 0 Å². The summed E-state index contributed by atoms with van der Waals surface area (Å²) in [6, 6.07) is 4.74. The highest BCUT2D eigenvalue weighted by atomic mass is 35.5. The molecule has 28 heavy (non-hydrogen) atoms. The summed E-state index contributed by atoms with van der Waals surface area (Å²) >= 11 is 6.13. The smallest absolute Gasteiger partial charge is 0.227 e. The third kappa shape index (κ3) is 3.66. The first kappa shape index (κ1) is 19.7. The molecule has 2 bridgehead atoms. The molecular formula is C22H28ClFN2O2. The molecule has 0 aliphatic carbocycles. The Hall–Kier alpha value is -1.62. The fourth-order valence-corrected chi connectivity index (χ4v) is 5.82. The van der Waals surface area contributed by atoms with Crippen molar-refractivity contribution < 1.29 is 14.0 Å². The fraction of sp³-hybridized carbons (Fsp3) is 0.636. The van der Waals surface area contributed by atoms with Crippen LogP contribution in [0.25, 0.3) is 0 Å². The summed E-state index contributed by atoms with van der Waals surface area (Å²) < 4.78 is 13.3. The van der Waals surface area contributed by atoms with Gasteiger partial charge in [-0.1, -0.05) is 31.0 Å². The number of amides is 2. The molecule has 0 aromatic heterocycles. The molecule has 0 saturated carbocycles. The van der Waals surface area contributed by atoms with Crippen LogP contribution in [-0.2, 0) is 16.0 Å². The van der Waals surface area contributed by atoms with Gasteiger partial charge >= 0.3 is 0 Å². The van der Waals surface area contributed by atoms with Crippen molar-refractivity contribution in [2.45, 2.75) is 64.0 Å². The minimum Gasteiger partial charge on any atom is -0.342 e. The Morgan fingerprint density at radius 2 is 2.07 bits per heavy atom. The minimum atomic E-state index is -0.391. The lowest BCUT2D eigenvalue weighted by Crippen LogP contribution is -2.65. The van der Waals surface area contributed by atoms with Crippen LogP contribution in [-0.4, -0.2) is 46.8 Å². The second-order valence-corrected chi connectivity index (χ2v) is 8.99. The van der Waals surface area contributed by atoms with Gasteiger partial charge in [-0.25, -0.2) is 4.39 Å². The molecule has 0 N–H and O–H groups in total. The lowest BCUT2D eigenvalue weighted by Gasteiger charge is -2.56. The molecule has 0 unspecified atom stereocenters. The van der Waals surface area contributed by atoms with Crippen LogP contribution in [0.1, 0.15) is 51.0 Å². The van der Waals surface area contributed by atoms with Gasteiger partial charge in [-0.05, 0) is 55.2 Å². The first-order valence-electron chi connectivity index (χ1n) is 10.5. The normalized spacial score (nSPS) is 29.6. The third-order valence-electron chi connectivity index (χ3n) is 6.79. The van der Waals surface area contributed by atoms with Gasteiger partial charge in [-0.2, -0.15) is 0 Å². The zero-order chi connectivity index (χ0) is 19.8. The summed E-state index contributed by atoms with van der Waals surface area (Å²) in [5.74, 6) is 0.683. The van der Waals surface area contributed by atoms with Gasteiger partial charge in [0.25, 0.3) is 0 Å². The van der Waals surface area contributed by atoms with Crippen molar-refractivity contribution in [3.05, 3.63) is 34.6 Å². The highest BCUT2D eigenvalue weighted by molar-refractivity contribution is 6.31. The summed E-state index contributed by atoms with van der Waals surface area (Å²) in [5, 5.41) is 0.304. The Morgan fingerprint density at radius 1 is 1.29 bits per heavy atom. The Bertz CT molecular complexity index is 771. The average Bonchev–Trinajstić information content (AvgIpc) is 2.67. The number of hydrogen-bond acceptors (Lipinski definition) is 2. The van der Waals surface area contributed by atoms with E-state index < -0.39 is 5.82 Å². The van der Waals surface area contributed by atoms with Crippen molar-refractivity contribution in [2.75, 3.05) is 13.1 Å². The van der Waals surface area contributed by atoms with Gasteiger partial charge in [0.2, 0.25) is 11.8 Å². The second kappa shape index (κ2) is 8.02. The molecule has 3 saturated heterocycles. The van der Waals surface area contributed by atoms with Crippen LogP contribution in [0.5, 0.6) is 0 Å². The standard InChI is InChI=1S/C22H28ClFN2O2/c1-2-4-19-15-9-16(20-5-3-6-21(27)26(19)20)13-25(12-15)22(28)10-14-7-8-17(24)11-18(14)23/h7-8,11,15-16,19-20H,2-6,9-10,12-13H2,1H3/t15-,16+,19-,20-/m0/s1. The maximum Gasteiger partial charge on any atom is 0.227 e. The molecule has 3 aliphatic heterocycles. The van der Waals surface area contributed by atoms with E-state index in [0.29, 0.717) is 47.8 Å². The number of likely N-dealkylation sites (tertiary alicyclic amines) is 1. The number of piperidine rings is 3.